The molecular formula is C13H16N2O2. The van der Waals surface area contributed by atoms with Crippen LogP contribution in [0.2, 0.25) is 0 Å². The Bertz CT molecular complexity index is 426. The molecule has 1 atom stereocenters. The standard InChI is InChI=1S/C13H16N2O2/c1-9-2-4-11(5-3-9)15-13(17)10-6-7-14-12(16)8-10/h2-5,10H,6-8H2,1H3,(H,14,16)(H,15,17). The van der Waals surface area contributed by atoms with Crippen molar-refractivity contribution in [2.24, 2.45) is 5.92 Å². The third kappa shape index (κ3) is 3.06. The highest BCUT2D eigenvalue weighted by molar-refractivity contribution is 5.95. The van der Waals surface area contributed by atoms with E-state index in [1.165, 1.54) is 0 Å². The van der Waals surface area contributed by atoms with E-state index >= 15 is 0 Å². The highest BCUT2D eigenvalue weighted by Crippen LogP contribution is 2.16. The number of amides is 2. The second-order valence-electron chi connectivity index (χ2n) is 4.39. The van der Waals surface area contributed by atoms with Crippen LogP contribution >= 0.6 is 0 Å². The quantitative estimate of drug-likeness (QED) is 0.811. The summed E-state index contributed by atoms with van der Waals surface area (Å²) in [6.07, 6.45) is 1.00. The molecule has 4 nitrogen and oxygen atoms in total. The van der Waals surface area contributed by atoms with Gasteiger partial charge in [0.1, 0.15) is 0 Å². The number of benzene rings is 1. The zero-order chi connectivity index (χ0) is 12.3. The van der Waals surface area contributed by atoms with Crippen molar-refractivity contribution in [2.45, 2.75) is 19.8 Å². The third-order valence-corrected chi connectivity index (χ3v) is 2.94. The van der Waals surface area contributed by atoms with Gasteiger partial charge in [-0.1, -0.05) is 17.7 Å². The largest absolute Gasteiger partial charge is 0.356 e. The lowest BCUT2D eigenvalue weighted by Crippen LogP contribution is -2.38. The van der Waals surface area contributed by atoms with Crippen LogP contribution in [0.25, 0.3) is 0 Å². The monoisotopic (exact) mass is 232 g/mol. The van der Waals surface area contributed by atoms with Crippen LogP contribution in [0.1, 0.15) is 18.4 Å². The molecule has 0 bridgehead atoms. The Kier molecular flexibility index (Phi) is 3.42. The van der Waals surface area contributed by atoms with Gasteiger partial charge in [0.2, 0.25) is 11.8 Å². The van der Waals surface area contributed by atoms with Crippen LogP contribution in [0.5, 0.6) is 0 Å². The molecule has 0 aliphatic carbocycles. The molecule has 0 radical (unpaired) electrons. The SMILES string of the molecule is Cc1ccc(NC(=O)C2CCNC(=O)C2)cc1. The number of hydrogen-bond donors (Lipinski definition) is 2. The highest BCUT2D eigenvalue weighted by atomic mass is 16.2. The molecule has 1 fully saturated rings. The van der Waals surface area contributed by atoms with Gasteiger partial charge in [0.15, 0.2) is 0 Å². The Morgan fingerprint density at radius 1 is 1.35 bits per heavy atom. The fraction of sp³-hybridized carbons (Fsp3) is 0.385. The lowest BCUT2D eigenvalue weighted by Gasteiger charge is -2.21. The van der Waals surface area contributed by atoms with Crippen LogP contribution in [-0.2, 0) is 9.59 Å². The van der Waals surface area contributed by atoms with Crippen LogP contribution in [0.3, 0.4) is 0 Å². The Hall–Kier alpha value is -1.84. The van der Waals surface area contributed by atoms with Crippen molar-refractivity contribution in [2.75, 3.05) is 11.9 Å². The number of aryl methyl sites for hydroxylation is 1. The zero-order valence-corrected chi connectivity index (χ0v) is 9.82. The molecular weight excluding hydrogens is 216 g/mol. The van der Waals surface area contributed by atoms with E-state index in [-0.39, 0.29) is 24.2 Å². The van der Waals surface area contributed by atoms with Crippen molar-refractivity contribution in [3.8, 4) is 0 Å². The van der Waals surface area contributed by atoms with Crippen LogP contribution in [-0.4, -0.2) is 18.4 Å². The number of rotatable bonds is 2. The first kappa shape index (κ1) is 11.6. The summed E-state index contributed by atoms with van der Waals surface area (Å²) in [5, 5.41) is 5.56. The summed E-state index contributed by atoms with van der Waals surface area (Å²) in [4.78, 5) is 23.1. The van der Waals surface area contributed by atoms with Gasteiger partial charge in [-0.15, -0.1) is 0 Å². The Morgan fingerprint density at radius 2 is 2.06 bits per heavy atom. The van der Waals surface area contributed by atoms with Gasteiger partial charge < -0.3 is 10.6 Å². The lowest BCUT2D eigenvalue weighted by molar-refractivity contribution is -0.129. The molecule has 1 aromatic carbocycles. The molecule has 1 unspecified atom stereocenters. The van der Waals surface area contributed by atoms with Gasteiger partial charge >= 0.3 is 0 Å². The molecule has 0 aromatic heterocycles. The minimum absolute atomic E-state index is 0.0414. The third-order valence-electron chi connectivity index (χ3n) is 2.94. The molecule has 1 aliphatic rings. The number of piperidine rings is 1. The van der Waals surface area contributed by atoms with Gasteiger partial charge in [-0.25, -0.2) is 0 Å². The Balaban J connectivity index is 1.96. The number of anilines is 1. The predicted molar refractivity (Wildman–Crippen MR) is 65.5 cm³/mol. The number of nitrogens with one attached hydrogen (secondary N) is 2. The van der Waals surface area contributed by atoms with Crippen molar-refractivity contribution in [3.05, 3.63) is 29.8 Å². The van der Waals surface area contributed by atoms with Crippen LogP contribution in [0.4, 0.5) is 5.69 Å². The van der Waals surface area contributed by atoms with E-state index in [1.807, 2.05) is 31.2 Å². The van der Waals surface area contributed by atoms with E-state index in [1.54, 1.807) is 0 Å². The molecule has 0 spiro atoms. The molecule has 2 N–H and O–H groups in total. The second-order valence-corrected chi connectivity index (χ2v) is 4.39. The van der Waals surface area contributed by atoms with E-state index in [0.29, 0.717) is 13.0 Å². The summed E-state index contributed by atoms with van der Waals surface area (Å²) in [5.74, 6) is -0.311. The predicted octanol–water partition coefficient (Wildman–Crippen LogP) is 1.46. The van der Waals surface area contributed by atoms with Gasteiger partial charge in [0, 0.05) is 24.6 Å². The van der Waals surface area contributed by atoms with Crippen molar-refractivity contribution < 1.29 is 9.59 Å². The fourth-order valence-corrected chi connectivity index (χ4v) is 1.89. The minimum atomic E-state index is -0.204. The summed E-state index contributed by atoms with van der Waals surface area (Å²) >= 11 is 0. The summed E-state index contributed by atoms with van der Waals surface area (Å²) in [6.45, 7) is 2.59. The van der Waals surface area contributed by atoms with E-state index in [9.17, 15) is 9.59 Å². The topological polar surface area (TPSA) is 58.2 Å². The van der Waals surface area contributed by atoms with Crippen LogP contribution in [0.15, 0.2) is 24.3 Å². The van der Waals surface area contributed by atoms with Gasteiger partial charge in [0.05, 0.1) is 0 Å². The van der Waals surface area contributed by atoms with Crippen molar-refractivity contribution in [1.29, 1.82) is 0 Å². The average molecular weight is 232 g/mol. The van der Waals surface area contributed by atoms with Gasteiger partial charge in [-0.2, -0.15) is 0 Å². The zero-order valence-electron chi connectivity index (χ0n) is 9.82. The van der Waals surface area contributed by atoms with Gasteiger partial charge in [-0.3, -0.25) is 9.59 Å². The van der Waals surface area contributed by atoms with Crippen molar-refractivity contribution in [1.82, 2.24) is 5.32 Å². The average Bonchev–Trinajstić information content (AvgIpc) is 2.32. The summed E-state index contributed by atoms with van der Waals surface area (Å²) in [7, 11) is 0. The maximum Gasteiger partial charge on any atom is 0.228 e. The van der Waals surface area contributed by atoms with E-state index in [4.69, 9.17) is 0 Å². The van der Waals surface area contributed by atoms with Gasteiger partial charge in [0.25, 0.3) is 0 Å². The summed E-state index contributed by atoms with van der Waals surface area (Å²) < 4.78 is 0. The Labute approximate surface area is 100 Å². The molecule has 2 amide bonds. The Morgan fingerprint density at radius 3 is 2.71 bits per heavy atom. The number of hydrogen-bond acceptors (Lipinski definition) is 2. The summed E-state index contributed by atoms with van der Waals surface area (Å²) in [5.41, 5.74) is 1.94. The maximum atomic E-state index is 11.9. The van der Waals surface area contributed by atoms with E-state index in [2.05, 4.69) is 10.6 Å². The normalized spacial score (nSPS) is 19.6. The molecule has 4 heteroatoms. The summed E-state index contributed by atoms with van der Waals surface area (Å²) in [6, 6.07) is 7.64. The first-order valence-corrected chi connectivity index (χ1v) is 5.79. The number of carbonyl (C=O) groups is 2. The molecule has 17 heavy (non-hydrogen) atoms. The molecule has 1 aliphatic heterocycles. The maximum absolute atomic E-state index is 11.9. The molecule has 1 aromatic rings. The minimum Gasteiger partial charge on any atom is -0.356 e. The second kappa shape index (κ2) is 4.99. The van der Waals surface area contributed by atoms with Gasteiger partial charge in [-0.05, 0) is 25.5 Å². The molecule has 1 heterocycles. The molecule has 0 saturated carbocycles. The smallest absolute Gasteiger partial charge is 0.228 e. The van der Waals surface area contributed by atoms with Crippen molar-refractivity contribution >= 4 is 17.5 Å². The highest BCUT2D eigenvalue weighted by Gasteiger charge is 2.25. The van der Waals surface area contributed by atoms with E-state index < -0.39 is 0 Å². The van der Waals surface area contributed by atoms with E-state index in [0.717, 1.165) is 11.3 Å². The van der Waals surface area contributed by atoms with Crippen LogP contribution in [0, 0.1) is 12.8 Å². The first-order chi connectivity index (χ1) is 8.15. The first-order valence-electron chi connectivity index (χ1n) is 5.79. The van der Waals surface area contributed by atoms with Crippen molar-refractivity contribution in [3.63, 3.8) is 0 Å². The fourth-order valence-electron chi connectivity index (χ4n) is 1.89. The lowest BCUT2D eigenvalue weighted by atomic mass is 9.96. The molecule has 1 saturated heterocycles. The molecule has 2 rings (SSSR count). The number of carbonyl (C=O) groups excluding carboxylic acids is 2. The van der Waals surface area contributed by atoms with Crippen LogP contribution < -0.4 is 10.6 Å². The molecule has 90 valence electrons.